The van der Waals surface area contributed by atoms with E-state index in [-0.39, 0.29) is 0 Å². The first-order valence-electron chi connectivity index (χ1n) is 2.58. The molecule has 1 aliphatic heterocycles. The van der Waals surface area contributed by atoms with Crippen molar-refractivity contribution in [3.8, 4) is 0 Å². The summed E-state index contributed by atoms with van der Waals surface area (Å²) in [6, 6.07) is 0. The van der Waals surface area contributed by atoms with E-state index < -0.39 is 21.8 Å². The minimum absolute atomic E-state index is 0.561. The van der Waals surface area contributed by atoms with Gasteiger partial charge >= 0.3 is 47.5 Å². The first-order valence-corrected chi connectivity index (χ1v) is 11.0. The molecule has 0 N–H and O–H groups in total. The maximum atomic E-state index is 2.54. The second kappa shape index (κ2) is 2.26. The molecule has 0 unspecified atom stereocenters. The zero-order valence-electron chi connectivity index (χ0n) is 4.28. The van der Waals surface area contributed by atoms with Gasteiger partial charge in [0.25, 0.3) is 0 Å². The van der Waals surface area contributed by atoms with Crippen LogP contribution in [0.25, 0.3) is 0 Å². The molecule has 0 spiro atoms. The molecule has 1 fully saturated rings. The van der Waals surface area contributed by atoms with Crippen LogP contribution in [0.3, 0.4) is 0 Å². The fraction of sp³-hybridized carbons (Fsp3) is 1.00. The molecule has 1 heteroatoms. The van der Waals surface area contributed by atoms with Crippen LogP contribution < -0.4 is 0 Å². The van der Waals surface area contributed by atoms with Crippen LogP contribution in [0.2, 0.25) is 12.9 Å². The van der Waals surface area contributed by atoms with Gasteiger partial charge < -0.3 is 0 Å². The zero-order chi connectivity index (χ0) is 4.41. The summed E-state index contributed by atoms with van der Waals surface area (Å²) >= 11 is -0.561. The number of hydrogen-bond acceptors (Lipinski definition) is 0. The summed E-state index contributed by atoms with van der Waals surface area (Å²) in [6.07, 6.45) is 3.16. The van der Waals surface area contributed by atoms with Crippen LogP contribution in [-0.4, -0.2) is 21.8 Å². The quantitative estimate of drug-likeness (QED) is 0.595. The molecule has 0 aromatic heterocycles. The average Bonchev–Trinajstić information content (AvgIpc) is 1.86. The molecule has 0 atom stereocenters. The van der Waals surface area contributed by atoms with Crippen LogP contribution in [0.5, 0.6) is 0 Å². The van der Waals surface area contributed by atoms with Crippen molar-refractivity contribution in [2.24, 2.45) is 0 Å². The summed E-state index contributed by atoms with van der Waals surface area (Å²) in [4.78, 5) is 0. The Kier molecular flexibility index (Phi) is 1.89. The number of hydrogen-bond donors (Lipinski definition) is 0. The van der Waals surface area contributed by atoms with Crippen molar-refractivity contribution >= 4 is 21.8 Å². The summed E-state index contributed by atoms with van der Waals surface area (Å²) in [6.45, 7) is 0. The van der Waals surface area contributed by atoms with Gasteiger partial charge in [0.2, 0.25) is 0 Å². The molecule has 1 rings (SSSR count). The van der Waals surface area contributed by atoms with Gasteiger partial charge in [-0.2, -0.15) is 0 Å². The summed E-state index contributed by atoms with van der Waals surface area (Å²) in [5.74, 6) is 0. The van der Waals surface area contributed by atoms with E-state index in [4.69, 9.17) is 0 Å². The molecule has 1 heterocycles. The Labute approximate surface area is 47.6 Å². The van der Waals surface area contributed by atoms with Gasteiger partial charge in [-0.05, 0) is 0 Å². The second-order valence-corrected chi connectivity index (χ2v) is 12.1. The Balaban J connectivity index is 2.18. The Morgan fingerprint density at radius 2 is 1.67 bits per heavy atom. The minimum atomic E-state index is -0.561. The molecular weight excluding hydrogens is 269 g/mol. The van der Waals surface area contributed by atoms with Gasteiger partial charge in [0.1, 0.15) is 0 Å². The van der Waals surface area contributed by atoms with E-state index in [0.717, 1.165) is 0 Å². The van der Waals surface area contributed by atoms with E-state index in [2.05, 4.69) is 4.63 Å². The summed E-state index contributed by atoms with van der Waals surface area (Å²) in [7, 11) is 0. The van der Waals surface area contributed by atoms with Crippen molar-refractivity contribution in [3.05, 3.63) is 0 Å². The predicted molar refractivity (Wildman–Crippen MR) is 30.5 cm³/mol. The second-order valence-electron chi connectivity index (χ2n) is 2.01. The van der Waals surface area contributed by atoms with Crippen molar-refractivity contribution in [2.75, 3.05) is 0 Å². The SMILES string of the molecule is [CH3][Bi]1[CH2]CC[CH2]1. The summed E-state index contributed by atoms with van der Waals surface area (Å²) < 4.78 is 5.92. The summed E-state index contributed by atoms with van der Waals surface area (Å²) in [5, 5.41) is 0. The Hall–Kier alpha value is 0.883. The number of rotatable bonds is 0. The first-order chi connectivity index (χ1) is 2.89. The molecule has 0 saturated carbocycles. The molecule has 36 valence electrons. The van der Waals surface area contributed by atoms with Crippen LogP contribution in [0.1, 0.15) is 12.8 Å². The van der Waals surface area contributed by atoms with Crippen molar-refractivity contribution in [2.45, 2.75) is 25.7 Å². The molecule has 0 amide bonds. The topological polar surface area (TPSA) is 0 Å². The van der Waals surface area contributed by atoms with Gasteiger partial charge in [-0.15, -0.1) is 0 Å². The normalized spacial score (nSPS) is 25.5. The van der Waals surface area contributed by atoms with Crippen LogP contribution >= 0.6 is 0 Å². The van der Waals surface area contributed by atoms with Crippen LogP contribution in [-0.2, 0) is 0 Å². The van der Waals surface area contributed by atoms with E-state index in [1.807, 2.05) is 0 Å². The monoisotopic (exact) mass is 280 g/mol. The third-order valence-corrected chi connectivity index (χ3v) is 9.72. The molecule has 0 radical (unpaired) electrons. The first kappa shape index (κ1) is 5.03. The average molecular weight is 280 g/mol. The van der Waals surface area contributed by atoms with Crippen molar-refractivity contribution in [1.82, 2.24) is 0 Å². The Morgan fingerprint density at radius 3 is 1.83 bits per heavy atom. The van der Waals surface area contributed by atoms with Crippen LogP contribution in [0.15, 0.2) is 0 Å². The zero-order valence-corrected chi connectivity index (χ0v) is 7.75. The van der Waals surface area contributed by atoms with Gasteiger partial charge in [0.05, 0.1) is 0 Å². The van der Waals surface area contributed by atoms with Crippen LogP contribution in [0, 0.1) is 0 Å². The molecule has 0 aromatic carbocycles. The van der Waals surface area contributed by atoms with E-state index >= 15 is 0 Å². The fourth-order valence-electron chi connectivity index (χ4n) is 0.875. The molecule has 0 bridgehead atoms. The Morgan fingerprint density at radius 1 is 1.17 bits per heavy atom. The van der Waals surface area contributed by atoms with E-state index in [0.29, 0.717) is 0 Å². The van der Waals surface area contributed by atoms with E-state index in [9.17, 15) is 0 Å². The van der Waals surface area contributed by atoms with Crippen molar-refractivity contribution in [3.63, 3.8) is 0 Å². The van der Waals surface area contributed by atoms with E-state index in [1.165, 1.54) is 0 Å². The molecule has 0 nitrogen and oxygen atoms in total. The van der Waals surface area contributed by atoms with Crippen molar-refractivity contribution < 1.29 is 0 Å². The van der Waals surface area contributed by atoms with E-state index in [1.54, 1.807) is 21.1 Å². The molecule has 0 aliphatic carbocycles. The molecule has 6 heavy (non-hydrogen) atoms. The Bertz CT molecular complexity index is 37.2. The van der Waals surface area contributed by atoms with Gasteiger partial charge in [0.15, 0.2) is 0 Å². The standard InChI is InChI=1S/C4H8.CH3.Bi/c1-3-4-2;;/h1-4H2;1H3;. The third kappa shape index (κ3) is 1.18. The predicted octanol–water partition coefficient (Wildman–Crippen LogP) is 1.90. The van der Waals surface area contributed by atoms with Gasteiger partial charge in [0, 0.05) is 0 Å². The van der Waals surface area contributed by atoms with Gasteiger partial charge in [-0.25, -0.2) is 0 Å². The van der Waals surface area contributed by atoms with Gasteiger partial charge in [-0.1, -0.05) is 0 Å². The summed E-state index contributed by atoms with van der Waals surface area (Å²) in [5.41, 5.74) is 0. The van der Waals surface area contributed by atoms with Gasteiger partial charge in [-0.3, -0.25) is 0 Å². The van der Waals surface area contributed by atoms with Crippen LogP contribution in [0.4, 0.5) is 0 Å². The molecular formula is C5H11Bi. The third-order valence-electron chi connectivity index (χ3n) is 1.33. The molecule has 1 saturated heterocycles. The van der Waals surface area contributed by atoms with Crippen molar-refractivity contribution in [1.29, 1.82) is 0 Å². The molecule has 0 aromatic rings. The molecule has 1 aliphatic rings. The maximum absolute atomic E-state index is 2.54. The fourth-order valence-corrected chi connectivity index (χ4v) is 7.68.